The van der Waals surface area contributed by atoms with Gasteiger partial charge < -0.3 is 24.8 Å². The van der Waals surface area contributed by atoms with Crippen LogP contribution < -0.4 is 15.4 Å². The molecule has 1 saturated carbocycles. The van der Waals surface area contributed by atoms with E-state index in [9.17, 15) is 9.00 Å². The quantitative estimate of drug-likeness (QED) is 0.222. The number of anilines is 3. The molecule has 1 atom stereocenters. The van der Waals surface area contributed by atoms with Crippen molar-refractivity contribution in [2.45, 2.75) is 23.8 Å². The van der Waals surface area contributed by atoms with Gasteiger partial charge in [0.2, 0.25) is 11.9 Å². The molecule has 0 radical (unpaired) electrons. The Labute approximate surface area is 240 Å². The van der Waals surface area contributed by atoms with Crippen LogP contribution in [0, 0.1) is 0 Å². The van der Waals surface area contributed by atoms with Crippen molar-refractivity contribution in [2.24, 2.45) is 0 Å². The van der Waals surface area contributed by atoms with E-state index >= 15 is 0 Å². The lowest BCUT2D eigenvalue weighted by Gasteiger charge is -2.17. The molecule has 0 aliphatic heterocycles. The van der Waals surface area contributed by atoms with Crippen LogP contribution in [0.3, 0.4) is 0 Å². The molecule has 4 aromatic rings. The molecule has 2 heterocycles. The van der Waals surface area contributed by atoms with E-state index in [-0.39, 0.29) is 0 Å². The highest BCUT2D eigenvalue weighted by molar-refractivity contribution is 7.85. The Bertz CT molecular complexity index is 1620. The summed E-state index contributed by atoms with van der Waals surface area (Å²) in [5.41, 5.74) is 3.55. The first-order valence-electron chi connectivity index (χ1n) is 12.9. The van der Waals surface area contributed by atoms with E-state index in [1.54, 1.807) is 18.3 Å². The van der Waals surface area contributed by atoms with Crippen molar-refractivity contribution in [1.29, 1.82) is 0 Å². The topological polar surface area (TPSA) is 101 Å². The molecule has 5 rings (SSSR count). The molecule has 0 saturated heterocycles. The van der Waals surface area contributed by atoms with Crippen LogP contribution >= 0.6 is 11.6 Å². The summed E-state index contributed by atoms with van der Waals surface area (Å²) in [4.78, 5) is 23.8. The van der Waals surface area contributed by atoms with Crippen LogP contribution in [0.1, 0.15) is 18.9 Å². The zero-order chi connectivity index (χ0) is 28.4. The number of aromatic nitrogens is 3. The van der Waals surface area contributed by atoms with Gasteiger partial charge in [0, 0.05) is 47.1 Å². The molecule has 1 amide bonds. The van der Waals surface area contributed by atoms with Crippen LogP contribution in [0.4, 0.5) is 17.3 Å². The normalized spacial score (nSPS) is 13.8. The molecule has 9 nitrogen and oxygen atoms in total. The number of nitrogens with one attached hydrogen (secondary N) is 2. The van der Waals surface area contributed by atoms with Crippen molar-refractivity contribution in [3.05, 3.63) is 66.5 Å². The highest BCUT2D eigenvalue weighted by atomic mass is 35.5. The molecule has 0 spiro atoms. The highest BCUT2D eigenvalue weighted by Gasteiger charge is 2.27. The lowest BCUT2D eigenvalue weighted by molar-refractivity contribution is -0.111. The van der Waals surface area contributed by atoms with E-state index in [0.29, 0.717) is 57.0 Å². The number of carbonyl (C=O) groups is 1. The van der Waals surface area contributed by atoms with Gasteiger partial charge in [-0.25, -0.2) is 9.97 Å². The maximum absolute atomic E-state index is 13.2. The average Bonchev–Trinajstić information content (AvgIpc) is 3.73. The van der Waals surface area contributed by atoms with Crippen LogP contribution in [-0.2, 0) is 15.6 Å². The molecule has 0 bridgehead atoms. The summed E-state index contributed by atoms with van der Waals surface area (Å²) in [6.45, 7) is 4.14. The molecule has 208 valence electrons. The molecular formula is C29H31ClN6O3S. The Morgan fingerprint density at radius 2 is 2.05 bits per heavy atom. The van der Waals surface area contributed by atoms with E-state index in [1.807, 2.05) is 31.1 Å². The zero-order valence-electron chi connectivity index (χ0n) is 22.6. The minimum absolute atomic E-state index is 0.295. The predicted molar refractivity (Wildman–Crippen MR) is 161 cm³/mol. The van der Waals surface area contributed by atoms with Gasteiger partial charge in [-0.2, -0.15) is 0 Å². The van der Waals surface area contributed by atoms with Gasteiger partial charge in [-0.05, 0) is 45.1 Å². The fourth-order valence-electron chi connectivity index (χ4n) is 4.46. The first-order valence-corrected chi connectivity index (χ1v) is 14.6. The Balaban J connectivity index is 1.53. The molecule has 2 aromatic heterocycles. The standard InChI is InChI=1S/C29H31ClN6O3S/c1-5-27(37)32-23-14-22(25(39-4)15-26(23)40(38)13-12-35(2)3)33-29-31-16-21(30)28(34-29)20-17-36(18-10-11-18)24-9-7-6-8-19(20)24/h5-9,14-18H,1,10-13H2,2-4H3,(H,32,37)(H,31,33,34). The van der Waals surface area contributed by atoms with Crippen LogP contribution in [0.15, 0.2) is 66.3 Å². The van der Waals surface area contributed by atoms with Crippen molar-refractivity contribution in [3.8, 4) is 17.0 Å². The number of halogens is 1. The van der Waals surface area contributed by atoms with Gasteiger partial charge in [-0.15, -0.1) is 0 Å². The van der Waals surface area contributed by atoms with Gasteiger partial charge in [-0.1, -0.05) is 36.4 Å². The lowest BCUT2D eigenvalue weighted by Crippen LogP contribution is -2.20. The molecule has 40 heavy (non-hydrogen) atoms. The van der Waals surface area contributed by atoms with Crippen molar-refractivity contribution >= 4 is 56.5 Å². The number of fused-ring (bicyclic) bond motifs is 1. The molecule has 1 aliphatic rings. The smallest absolute Gasteiger partial charge is 0.247 e. The summed E-state index contributed by atoms with van der Waals surface area (Å²) in [5.74, 6) is 0.690. The van der Waals surface area contributed by atoms with Gasteiger partial charge in [-0.3, -0.25) is 9.00 Å². The number of hydrogen-bond acceptors (Lipinski definition) is 7. The summed E-state index contributed by atoms with van der Waals surface area (Å²) in [7, 11) is 3.96. The van der Waals surface area contributed by atoms with Gasteiger partial charge in [0.25, 0.3) is 0 Å². The van der Waals surface area contributed by atoms with Gasteiger partial charge in [0.1, 0.15) is 5.75 Å². The van der Waals surface area contributed by atoms with Gasteiger partial charge in [0.15, 0.2) is 0 Å². The first-order chi connectivity index (χ1) is 19.3. The third-order valence-corrected chi connectivity index (χ3v) is 8.30. The largest absolute Gasteiger partial charge is 0.495 e. The highest BCUT2D eigenvalue weighted by Crippen LogP contribution is 2.42. The van der Waals surface area contributed by atoms with Crippen molar-refractivity contribution in [3.63, 3.8) is 0 Å². The number of hydrogen-bond donors (Lipinski definition) is 2. The number of methoxy groups -OCH3 is 1. The number of ether oxygens (including phenoxy) is 1. The zero-order valence-corrected chi connectivity index (χ0v) is 24.2. The summed E-state index contributed by atoms with van der Waals surface area (Å²) in [6, 6.07) is 12.0. The lowest BCUT2D eigenvalue weighted by atomic mass is 10.1. The fourth-order valence-corrected chi connectivity index (χ4v) is 6.00. The Hall–Kier alpha value is -3.73. The Morgan fingerprint density at radius 3 is 2.75 bits per heavy atom. The maximum atomic E-state index is 13.2. The number of nitrogens with zero attached hydrogens (tertiary/aromatic N) is 4. The minimum atomic E-state index is -1.39. The van der Waals surface area contributed by atoms with E-state index in [1.165, 1.54) is 7.11 Å². The van der Waals surface area contributed by atoms with Crippen molar-refractivity contribution in [1.82, 2.24) is 19.4 Å². The Morgan fingerprint density at radius 1 is 1.27 bits per heavy atom. The molecule has 1 aliphatic carbocycles. The summed E-state index contributed by atoms with van der Waals surface area (Å²) in [6.07, 6.45) is 7.15. The van der Waals surface area contributed by atoms with Gasteiger partial charge in [0.05, 0.1) is 51.1 Å². The third kappa shape index (κ3) is 5.89. The summed E-state index contributed by atoms with van der Waals surface area (Å²) >= 11 is 6.62. The fraction of sp³-hybridized carbons (Fsp3) is 0.276. The predicted octanol–water partition coefficient (Wildman–Crippen LogP) is 5.63. The van der Waals surface area contributed by atoms with Crippen molar-refractivity contribution in [2.75, 3.05) is 44.1 Å². The van der Waals surface area contributed by atoms with E-state index in [4.69, 9.17) is 21.3 Å². The van der Waals surface area contributed by atoms with Crippen LogP contribution in [0.2, 0.25) is 5.02 Å². The van der Waals surface area contributed by atoms with Crippen molar-refractivity contribution < 1.29 is 13.7 Å². The number of para-hydroxylation sites is 1. The van der Waals surface area contributed by atoms with Crippen LogP contribution in [0.25, 0.3) is 22.2 Å². The van der Waals surface area contributed by atoms with E-state index in [0.717, 1.165) is 35.4 Å². The second-order valence-corrected chi connectivity index (χ2v) is 11.8. The first kappa shape index (κ1) is 27.8. The summed E-state index contributed by atoms with van der Waals surface area (Å²) < 4.78 is 21.1. The van der Waals surface area contributed by atoms with Crippen LogP contribution in [-0.4, -0.2) is 63.1 Å². The molecular weight excluding hydrogens is 548 g/mol. The number of rotatable bonds is 11. The number of amides is 1. The average molecular weight is 579 g/mol. The maximum Gasteiger partial charge on any atom is 0.247 e. The Kier molecular flexibility index (Phi) is 8.20. The second kappa shape index (κ2) is 11.8. The third-order valence-electron chi connectivity index (χ3n) is 6.64. The SMILES string of the molecule is C=CC(=O)Nc1cc(Nc2ncc(Cl)c(-c3cn(C4CC4)c4ccccc34)n2)c(OC)cc1S(=O)CCN(C)C. The molecule has 1 unspecified atom stereocenters. The monoisotopic (exact) mass is 578 g/mol. The summed E-state index contributed by atoms with van der Waals surface area (Å²) in [5, 5.41) is 7.47. The van der Waals surface area contributed by atoms with E-state index < -0.39 is 16.7 Å². The van der Waals surface area contributed by atoms with Gasteiger partial charge >= 0.3 is 0 Å². The van der Waals surface area contributed by atoms with Crippen LogP contribution in [0.5, 0.6) is 5.75 Å². The minimum Gasteiger partial charge on any atom is -0.495 e. The molecule has 2 aromatic carbocycles. The number of benzene rings is 2. The number of carbonyl (C=O) groups excluding carboxylic acids is 1. The molecule has 1 fully saturated rings. The van der Waals surface area contributed by atoms with E-state index in [2.05, 4.69) is 45.1 Å². The molecule has 2 N–H and O–H groups in total. The second-order valence-electron chi connectivity index (χ2n) is 9.81. The molecule has 11 heteroatoms.